The first-order chi connectivity index (χ1) is 15.8. The van der Waals surface area contributed by atoms with Crippen molar-refractivity contribution in [2.45, 2.75) is 71.8 Å². The van der Waals surface area contributed by atoms with Gasteiger partial charge in [0.2, 0.25) is 0 Å². The molecule has 0 aliphatic heterocycles. The topological polar surface area (TPSA) is 47.9 Å². The van der Waals surface area contributed by atoms with Gasteiger partial charge < -0.3 is 9.16 Å². The molecule has 4 nitrogen and oxygen atoms in total. The zero-order valence-corrected chi connectivity index (χ0v) is 23.1. The van der Waals surface area contributed by atoms with E-state index >= 15 is 0 Å². The summed E-state index contributed by atoms with van der Waals surface area (Å²) in [7, 11) is -2.06. The summed E-state index contributed by atoms with van der Waals surface area (Å²) in [5, 5.41) is 0.0503. The van der Waals surface area contributed by atoms with Crippen LogP contribution in [0.3, 0.4) is 0 Å². The number of hydrogen-bond acceptors (Lipinski definition) is 4. The van der Waals surface area contributed by atoms with Gasteiger partial charge in [0.25, 0.3) is 0 Å². The van der Waals surface area contributed by atoms with Gasteiger partial charge in [0.15, 0.2) is 8.32 Å². The van der Waals surface area contributed by atoms with Crippen LogP contribution >= 0.6 is 0 Å². The molecule has 184 valence electrons. The predicted molar refractivity (Wildman–Crippen MR) is 145 cm³/mol. The summed E-state index contributed by atoms with van der Waals surface area (Å²) in [6, 6.07) is 19.7. The smallest absolute Gasteiger partial charge is 0.311 e. The van der Waals surface area contributed by atoms with Crippen LogP contribution in [0, 0.1) is 5.41 Å². The summed E-state index contributed by atoms with van der Waals surface area (Å²) >= 11 is 0. The minimum Gasteiger partial charge on any atom is -0.455 e. The Bertz CT molecular complexity index is 928. The van der Waals surface area contributed by atoms with E-state index in [4.69, 9.17) is 14.2 Å². The fourth-order valence-corrected chi connectivity index (χ4v) is 3.99. The van der Waals surface area contributed by atoms with Gasteiger partial charge in [-0.25, -0.2) is 0 Å². The van der Waals surface area contributed by atoms with Crippen LogP contribution in [-0.2, 0) is 14.0 Å². The first-order valence-electron chi connectivity index (χ1n) is 11.9. The molecule has 0 N–H and O–H groups in total. The Morgan fingerprint density at radius 1 is 0.941 bits per heavy atom. The van der Waals surface area contributed by atoms with Crippen LogP contribution in [0.4, 0.5) is 0 Å². The third-order valence-corrected chi connectivity index (χ3v) is 10.8. The molecule has 0 heterocycles. The molecule has 0 aromatic heterocycles. The van der Waals surface area contributed by atoms with Crippen LogP contribution in [0.2, 0.25) is 18.1 Å². The van der Waals surface area contributed by atoms with Gasteiger partial charge in [-0.1, -0.05) is 88.0 Å². The van der Waals surface area contributed by atoms with E-state index in [-0.39, 0.29) is 11.0 Å². The average Bonchev–Trinajstić information content (AvgIpc) is 2.77. The maximum atomic E-state index is 12.8. The summed E-state index contributed by atoms with van der Waals surface area (Å²) in [5.41, 5.74) is 2.20. The highest BCUT2D eigenvalue weighted by Gasteiger charge is 2.39. The van der Waals surface area contributed by atoms with Crippen LogP contribution in [0.15, 0.2) is 78.3 Å². The average molecular weight is 480 g/mol. The van der Waals surface area contributed by atoms with Crippen molar-refractivity contribution in [1.82, 2.24) is 0 Å². The lowest BCUT2D eigenvalue weighted by Gasteiger charge is -2.37. The van der Waals surface area contributed by atoms with Crippen LogP contribution < -0.4 is 0 Å². The second-order valence-electron chi connectivity index (χ2n) is 11.2. The van der Waals surface area contributed by atoms with E-state index in [1.165, 1.54) is 0 Å². The molecular weight excluding hydrogens is 438 g/mol. The predicted octanol–water partition coefficient (Wildman–Crippen LogP) is 7.06. The normalized spacial score (nSPS) is 14.1. The first-order valence-corrected chi connectivity index (χ1v) is 14.8. The zero-order valence-electron chi connectivity index (χ0n) is 22.1. The number of benzene rings is 2. The zero-order chi connectivity index (χ0) is 25.6. The highest BCUT2D eigenvalue weighted by atomic mass is 28.4. The second kappa shape index (κ2) is 11.3. The quantitative estimate of drug-likeness (QED) is 0.167. The van der Waals surface area contributed by atoms with E-state index in [9.17, 15) is 4.79 Å². The molecule has 34 heavy (non-hydrogen) atoms. The Labute approximate surface area is 207 Å². The van der Waals surface area contributed by atoms with Gasteiger partial charge in [-0.2, -0.15) is 0 Å². The van der Waals surface area contributed by atoms with Gasteiger partial charge in [0.1, 0.15) is 12.1 Å². The van der Waals surface area contributed by atoms with E-state index in [0.29, 0.717) is 6.61 Å². The van der Waals surface area contributed by atoms with Crippen molar-refractivity contribution in [2.24, 2.45) is 10.4 Å². The summed E-state index contributed by atoms with van der Waals surface area (Å²) in [6.07, 6.45) is 1.05. The Kier molecular flexibility index (Phi) is 9.20. The van der Waals surface area contributed by atoms with E-state index in [0.717, 1.165) is 16.8 Å². The molecule has 0 aliphatic carbocycles. The van der Waals surface area contributed by atoms with Crippen molar-refractivity contribution in [1.29, 1.82) is 0 Å². The molecular formula is C29H41NO3Si. The minimum atomic E-state index is -2.06. The van der Waals surface area contributed by atoms with E-state index < -0.39 is 25.9 Å². The molecule has 0 radical (unpaired) electrons. The molecule has 2 atom stereocenters. The minimum absolute atomic E-state index is 0.0503. The molecule has 2 aromatic carbocycles. The molecule has 5 heteroatoms. The third kappa shape index (κ3) is 7.50. The summed E-state index contributed by atoms with van der Waals surface area (Å²) in [6.45, 7) is 20.9. The van der Waals surface area contributed by atoms with Crippen molar-refractivity contribution in [3.05, 3.63) is 84.4 Å². The van der Waals surface area contributed by atoms with Crippen molar-refractivity contribution in [3.8, 4) is 0 Å². The molecule has 2 rings (SSSR count). The number of aliphatic imine (C=N–C) groups is 1. The number of nitrogens with zero attached hydrogens (tertiary/aromatic N) is 1. The van der Waals surface area contributed by atoms with Crippen LogP contribution in [0.25, 0.3) is 0 Å². The summed E-state index contributed by atoms with van der Waals surface area (Å²) in [5.74, 6) is -0.286. The molecule has 0 amide bonds. The maximum Gasteiger partial charge on any atom is 0.311 e. The van der Waals surface area contributed by atoms with E-state index in [1.54, 1.807) is 6.08 Å². The number of esters is 1. The molecule has 0 saturated carbocycles. The fraction of sp³-hybridized carbons (Fsp3) is 0.448. The van der Waals surface area contributed by atoms with Gasteiger partial charge in [-0.15, -0.1) is 0 Å². The monoisotopic (exact) mass is 479 g/mol. The lowest BCUT2D eigenvalue weighted by atomic mass is 9.97. The van der Waals surface area contributed by atoms with Gasteiger partial charge in [-0.05, 0) is 45.0 Å². The first kappa shape index (κ1) is 27.7. The highest BCUT2D eigenvalue weighted by molar-refractivity contribution is 6.74. The summed E-state index contributed by atoms with van der Waals surface area (Å²) in [4.78, 5) is 17.9. The Hall–Kier alpha value is -2.50. The lowest BCUT2D eigenvalue weighted by Crippen LogP contribution is -2.45. The van der Waals surface area contributed by atoms with Gasteiger partial charge >= 0.3 is 5.97 Å². The molecule has 0 saturated heterocycles. The number of ether oxygens (including phenoxy) is 1. The van der Waals surface area contributed by atoms with Gasteiger partial charge in [0.05, 0.1) is 17.7 Å². The van der Waals surface area contributed by atoms with Crippen LogP contribution in [0.5, 0.6) is 0 Å². The molecule has 0 fully saturated rings. The summed E-state index contributed by atoms with van der Waals surface area (Å²) < 4.78 is 12.5. The van der Waals surface area contributed by atoms with Crippen LogP contribution in [0.1, 0.15) is 52.7 Å². The SMILES string of the molecule is C=C[C@@H](OC(=O)C(C)(C)C)[C@@H](CO[Si](C)(C)C(C)(C)C)N=C(c1ccccc1)c1ccccc1. The van der Waals surface area contributed by atoms with Crippen molar-refractivity contribution < 1.29 is 14.0 Å². The van der Waals surface area contributed by atoms with Crippen molar-refractivity contribution >= 4 is 20.0 Å². The second-order valence-corrected chi connectivity index (χ2v) is 16.0. The van der Waals surface area contributed by atoms with E-state index in [1.807, 2.05) is 81.4 Å². The lowest BCUT2D eigenvalue weighted by molar-refractivity contribution is -0.157. The number of rotatable bonds is 9. The largest absolute Gasteiger partial charge is 0.455 e. The van der Waals surface area contributed by atoms with Crippen molar-refractivity contribution in [2.75, 3.05) is 6.61 Å². The molecule has 0 bridgehead atoms. The Morgan fingerprint density at radius 2 is 1.41 bits per heavy atom. The molecule has 2 aromatic rings. The molecule has 0 unspecified atom stereocenters. The third-order valence-electron chi connectivity index (χ3n) is 6.28. The number of carbonyl (C=O) groups excluding carboxylic acids is 1. The van der Waals surface area contributed by atoms with E-state index in [2.05, 4.69) is 40.4 Å². The Balaban J connectivity index is 2.55. The van der Waals surface area contributed by atoms with Gasteiger partial charge in [0, 0.05) is 11.1 Å². The number of hydrogen-bond donors (Lipinski definition) is 0. The Morgan fingerprint density at radius 3 is 1.79 bits per heavy atom. The number of carbonyl (C=O) groups is 1. The fourth-order valence-electron chi connectivity index (χ4n) is 2.97. The molecule has 0 aliphatic rings. The van der Waals surface area contributed by atoms with Gasteiger partial charge in [-0.3, -0.25) is 9.79 Å². The maximum absolute atomic E-state index is 12.8. The standard InChI is InChI=1S/C29H41NO3Si/c1-10-25(33-27(31)28(2,3)4)24(21-32-34(8,9)29(5,6)7)30-26(22-17-13-11-14-18-22)23-19-15-12-16-20-23/h10-20,24-25H,1,21H2,2-9H3/t24-,25-/m1/s1. The van der Waals surface area contributed by atoms with Crippen LogP contribution in [-0.4, -0.2) is 38.8 Å². The highest BCUT2D eigenvalue weighted by Crippen LogP contribution is 2.37. The van der Waals surface area contributed by atoms with Crippen molar-refractivity contribution in [3.63, 3.8) is 0 Å². The molecule has 0 spiro atoms.